The van der Waals surface area contributed by atoms with Crippen molar-refractivity contribution in [1.82, 2.24) is 4.90 Å². The molecule has 1 fully saturated rings. The molecule has 0 unspecified atom stereocenters. The van der Waals surface area contributed by atoms with E-state index in [0.717, 1.165) is 6.42 Å². The molecule has 1 saturated heterocycles. The lowest BCUT2D eigenvalue weighted by atomic mass is 10.0. The van der Waals surface area contributed by atoms with Crippen LogP contribution in [0.15, 0.2) is 24.8 Å². The number of ether oxygens (including phenoxy) is 2. The molecule has 41 heavy (non-hydrogen) atoms. The van der Waals surface area contributed by atoms with Gasteiger partial charge in [-0.05, 0) is 47.2 Å². The molecule has 1 aromatic carbocycles. The van der Waals surface area contributed by atoms with Crippen LogP contribution in [0.1, 0.15) is 79.1 Å². The maximum absolute atomic E-state index is 14.0. The molecule has 0 bridgehead atoms. The summed E-state index contributed by atoms with van der Waals surface area (Å²) in [6.07, 6.45) is 1.69. The zero-order valence-corrected chi connectivity index (χ0v) is 29.5. The number of benzene rings is 1. The van der Waals surface area contributed by atoms with Gasteiger partial charge < -0.3 is 23.2 Å². The van der Waals surface area contributed by atoms with E-state index in [4.69, 9.17) is 18.3 Å². The second-order valence-electron chi connectivity index (χ2n) is 13.5. The van der Waals surface area contributed by atoms with Gasteiger partial charge in [0.1, 0.15) is 12.4 Å². The Morgan fingerprint density at radius 2 is 1.66 bits per heavy atom. The summed E-state index contributed by atoms with van der Waals surface area (Å²) >= 11 is 0. The topological polar surface area (TPSA) is 86.3 Å². The molecular weight excluding hydrogens is 553 g/mol. The fourth-order valence-electron chi connectivity index (χ4n) is 5.46. The fourth-order valence-corrected chi connectivity index (χ4v) is 11.8. The van der Waals surface area contributed by atoms with Gasteiger partial charge in [0.15, 0.2) is 14.1 Å². The molecule has 1 N–H and O–H groups in total. The monoisotopic (exact) mass is 606 g/mol. The maximum Gasteiger partial charge on any atom is 0.411 e. The first-order valence-electron chi connectivity index (χ1n) is 14.8. The number of carbonyl (C=O) groups excluding carboxylic acids is 2. The summed E-state index contributed by atoms with van der Waals surface area (Å²) in [5, 5.41) is 2.87. The number of amides is 2. The maximum atomic E-state index is 14.0. The van der Waals surface area contributed by atoms with E-state index in [1.54, 1.807) is 19.2 Å². The van der Waals surface area contributed by atoms with E-state index in [2.05, 4.69) is 87.3 Å². The van der Waals surface area contributed by atoms with E-state index in [1.807, 2.05) is 4.90 Å². The first-order valence-corrected chi connectivity index (χ1v) is 19.9. The third kappa shape index (κ3) is 7.75. The summed E-state index contributed by atoms with van der Waals surface area (Å²) in [6.45, 7) is 29.1. The number of hydrogen-bond donors (Lipinski definition) is 1. The average molecular weight is 607 g/mol. The smallest absolute Gasteiger partial charge is 0.411 e. The number of carbonyl (C=O) groups is 2. The summed E-state index contributed by atoms with van der Waals surface area (Å²) in [6, 6.07) is 3.38. The van der Waals surface area contributed by atoms with Crippen LogP contribution < -0.4 is 14.5 Å². The first kappa shape index (κ1) is 34.9. The Morgan fingerprint density at radius 3 is 2.10 bits per heavy atom. The van der Waals surface area contributed by atoms with E-state index in [1.165, 1.54) is 6.08 Å². The molecule has 0 spiro atoms. The van der Waals surface area contributed by atoms with Crippen molar-refractivity contribution < 1.29 is 27.9 Å². The van der Waals surface area contributed by atoms with E-state index < -0.39 is 22.7 Å². The van der Waals surface area contributed by atoms with Crippen molar-refractivity contribution in [3.63, 3.8) is 0 Å². The zero-order valence-electron chi connectivity index (χ0n) is 27.5. The van der Waals surface area contributed by atoms with Gasteiger partial charge in [-0.2, -0.15) is 0 Å². The number of hydrogen-bond acceptors (Lipinski definition) is 6. The molecule has 1 aliphatic rings. The summed E-state index contributed by atoms with van der Waals surface area (Å²) in [4.78, 5) is 28.4. The second kappa shape index (κ2) is 13.8. The highest BCUT2D eigenvalue weighted by atomic mass is 28.4. The van der Waals surface area contributed by atoms with Crippen LogP contribution >= 0.6 is 0 Å². The molecule has 10 heteroatoms. The van der Waals surface area contributed by atoms with Crippen LogP contribution in [0.2, 0.25) is 34.8 Å². The Kier molecular flexibility index (Phi) is 11.7. The van der Waals surface area contributed by atoms with E-state index in [0.29, 0.717) is 52.5 Å². The quantitative estimate of drug-likeness (QED) is 0.180. The van der Waals surface area contributed by atoms with Crippen molar-refractivity contribution >= 4 is 34.3 Å². The lowest BCUT2D eigenvalue weighted by Gasteiger charge is -2.44. The van der Waals surface area contributed by atoms with Gasteiger partial charge in [0.25, 0.3) is 14.2 Å². The van der Waals surface area contributed by atoms with Crippen molar-refractivity contribution in [2.24, 2.45) is 0 Å². The molecule has 2 amide bonds. The molecule has 1 heterocycles. The molecule has 1 aliphatic heterocycles. The molecule has 0 aromatic heterocycles. The van der Waals surface area contributed by atoms with Crippen molar-refractivity contribution in [3.05, 3.63) is 30.4 Å². The Balaban J connectivity index is 2.51. The highest BCUT2D eigenvalue weighted by Gasteiger charge is 2.48. The number of nitrogens with zero attached hydrogens (tertiary/aromatic N) is 1. The van der Waals surface area contributed by atoms with Gasteiger partial charge in [-0.25, -0.2) is 4.79 Å². The molecule has 0 radical (unpaired) electrons. The zero-order chi connectivity index (χ0) is 31.3. The predicted octanol–water partition coefficient (Wildman–Crippen LogP) is 8.22. The standard InChI is InChI=1S/C31H54N2O6Si2/c1-14-17-37-30(35)32-26-19-28(39-41(21(2)3,22(4)5)23(6)7)27(36-11)18-25(26)29(34)33-16-15-24(33)20-38-40(12,13)31(8,9)10/h14,18-19,21-24H,1,15-17,20H2,2-13H3,(H,32,35)/t24-/m0/s1. The van der Waals surface area contributed by atoms with Crippen molar-refractivity contribution in [2.75, 3.05) is 32.2 Å². The summed E-state index contributed by atoms with van der Waals surface area (Å²) in [7, 11) is -2.75. The molecule has 232 valence electrons. The van der Waals surface area contributed by atoms with E-state index >= 15 is 0 Å². The summed E-state index contributed by atoms with van der Waals surface area (Å²) in [5.41, 5.74) is 1.63. The van der Waals surface area contributed by atoms with E-state index in [-0.39, 0.29) is 23.6 Å². The predicted molar refractivity (Wildman–Crippen MR) is 172 cm³/mol. The molecule has 2 rings (SSSR count). The number of likely N-dealkylation sites (tertiary alicyclic amines) is 1. The highest BCUT2D eigenvalue weighted by molar-refractivity contribution is 6.78. The average Bonchev–Trinajstić information content (AvgIpc) is 2.83. The van der Waals surface area contributed by atoms with Gasteiger partial charge in [0, 0.05) is 12.6 Å². The van der Waals surface area contributed by atoms with Crippen molar-refractivity contribution in [2.45, 2.75) is 110 Å². The lowest BCUT2D eigenvalue weighted by Crippen LogP contribution is -2.55. The number of rotatable bonds is 13. The Bertz CT molecular complexity index is 1060. The minimum atomic E-state index is -2.36. The fraction of sp³-hybridized carbons (Fsp3) is 0.677. The van der Waals surface area contributed by atoms with Crippen LogP contribution in [0.25, 0.3) is 0 Å². The van der Waals surface area contributed by atoms with Gasteiger partial charge in [0.05, 0.1) is 31.0 Å². The molecule has 1 aromatic rings. The Hall–Kier alpha value is -2.31. The number of anilines is 1. The number of nitrogens with one attached hydrogen (secondary N) is 1. The molecule has 8 nitrogen and oxygen atoms in total. The van der Waals surface area contributed by atoms with Gasteiger partial charge >= 0.3 is 6.09 Å². The summed E-state index contributed by atoms with van der Waals surface area (Å²) < 4.78 is 24.4. The van der Waals surface area contributed by atoms with Crippen LogP contribution in [-0.4, -0.2) is 66.4 Å². The largest absolute Gasteiger partial charge is 0.540 e. The van der Waals surface area contributed by atoms with Crippen LogP contribution in [0.5, 0.6) is 11.5 Å². The van der Waals surface area contributed by atoms with Gasteiger partial charge in [0.2, 0.25) is 0 Å². The SMILES string of the molecule is C=CCOC(=O)Nc1cc(O[Si](C(C)C)(C(C)C)C(C)C)c(OC)cc1C(=O)N1CC[C@H]1CO[Si](C)(C)C(C)(C)C. The van der Waals surface area contributed by atoms with Crippen LogP contribution in [0.3, 0.4) is 0 Å². The number of methoxy groups -OCH3 is 1. The van der Waals surface area contributed by atoms with Crippen LogP contribution in [0.4, 0.5) is 10.5 Å². The highest BCUT2D eigenvalue weighted by Crippen LogP contribution is 2.46. The molecule has 1 atom stereocenters. The first-order chi connectivity index (χ1) is 18.9. The summed E-state index contributed by atoms with van der Waals surface area (Å²) in [5.74, 6) is 0.795. The molecule has 0 aliphatic carbocycles. The normalized spacial score (nSPS) is 16.1. The van der Waals surface area contributed by atoms with Gasteiger partial charge in [-0.15, -0.1) is 0 Å². The Morgan fingerprint density at radius 1 is 1.07 bits per heavy atom. The van der Waals surface area contributed by atoms with Crippen molar-refractivity contribution in [1.29, 1.82) is 0 Å². The third-order valence-corrected chi connectivity index (χ3v) is 19.4. The minimum absolute atomic E-state index is 0.0259. The van der Waals surface area contributed by atoms with Crippen LogP contribution in [0, 0.1) is 0 Å². The second-order valence-corrected chi connectivity index (χ2v) is 23.7. The molecule has 0 saturated carbocycles. The Labute approximate surface area is 250 Å². The molecular formula is C31H54N2O6Si2. The van der Waals surface area contributed by atoms with E-state index in [9.17, 15) is 9.59 Å². The van der Waals surface area contributed by atoms with Crippen LogP contribution in [-0.2, 0) is 9.16 Å². The van der Waals surface area contributed by atoms with Gasteiger partial charge in [-0.1, -0.05) is 75.0 Å². The third-order valence-electron chi connectivity index (χ3n) is 8.94. The lowest BCUT2D eigenvalue weighted by molar-refractivity contribution is 0.0314. The van der Waals surface area contributed by atoms with Gasteiger partial charge in [-0.3, -0.25) is 10.1 Å². The van der Waals surface area contributed by atoms with Crippen molar-refractivity contribution in [3.8, 4) is 11.5 Å². The minimum Gasteiger partial charge on any atom is -0.540 e.